The molecule has 0 aliphatic rings. The van der Waals surface area contributed by atoms with Gasteiger partial charge < -0.3 is 25.7 Å². The summed E-state index contributed by atoms with van der Waals surface area (Å²) >= 11 is 0. The molecule has 340 valence electrons. The fourth-order valence-corrected chi connectivity index (χ4v) is 7.56. The summed E-state index contributed by atoms with van der Waals surface area (Å²) in [4.78, 5) is 12.5. The smallest absolute Gasteiger partial charge is 0.249 e. The van der Waals surface area contributed by atoms with Gasteiger partial charge in [-0.25, -0.2) is 0 Å². The molecule has 0 aromatic rings. The Morgan fingerprint density at radius 2 is 0.776 bits per heavy atom. The third kappa shape index (κ3) is 39.7. The van der Waals surface area contributed by atoms with Gasteiger partial charge in [-0.3, -0.25) is 4.79 Å². The van der Waals surface area contributed by atoms with Gasteiger partial charge in [-0.2, -0.15) is 0 Å². The molecule has 4 atom stereocenters. The number of aliphatic hydroxyl groups is 4. The Bertz CT molecular complexity index is 961. The van der Waals surface area contributed by atoms with Crippen molar-refractivity contribution in [3.8, 4) is 0 Å². The molecule has 6 heteroatoms. The van der Waals surface area contributed by atoms with Gasteiger partial charge in [-0.1, -0.05) is 210 Å². The van der Waals surface area contributed by atoms with Crippen molar-refractivity contribution in [1.29, 1.82) is 0 Å². The van der Waals surface area contributed by atoms with Crippen molar-refractivity contribution in [3.05, 3.63) is 48.6 Å². The molecule has 0 fully saturated rings. The molecule has 0 saturated carbocycles. The van der Waals surface area contributed by atoms with Gasteiger partial charge in [0.2, 0.25) is 5.91 Å². The van der Waals surface area contributed by atoms with E-state index in [4.69, 9.17) is 0 Å². The van der Waals surface area contributed by atoms with Crippen LogP contribution in [0.25, 0.3) is 0 Å². The molecular weight excluding hydrogens is 719 g/mol. The minimum Gasteiger partial charge on any atom is -0.394 e. The van der Waals surface area contributed by atoms with Crippen LogP contribution in [0.1, 0.15) is 245 Å². The summed E-state index contributed by atoms with van der Waals surface area (Å²) in [6.45, 7) is 3.93. The molecule has 0 heterocycles. The lowest BCUT2D eigenvalue weighted by atomic mass is 10.00. The van der Waals surface area contributed by atoms with E-state index in [1.165, 1.54) is 154 Å². The summed E-state index contributed by atoms with van der Waals surface area (Å²) in [5.41, 5.74) is 0. The minimum atomic E-state index is -1.29. The standard InChI is InChI=1S/C52H97NO5/c1-3-5-7-9-11-13-15-17-18-19-20-21-22-23-24-25-26-27-28-29-30-31-32-34-36-38-40-42-44-46-50(56)52(58)53-48(47-54)51(57)49(55)45-43-41-39-37-35-33-16-14-12-10-8-6-4-2/h6,8,14,16,23-24,37,39,48-51,54-57H,3-5,7,9-13,15,17-22,25-36,38,40-47H2,1-2H3,(H,53,58)/b8-6+,16-14+,24-23-,39-37+. The Balaban J connectivity index is 3.64. The molecule has 6 nitrogen and oxygen atoms in total. The monoisotopic (exact) mass is 816 g/mol. The summed E-state index contributed by atoms with van der Waals surface area (Å²) < 4.78 is 0. The van der Waals surface area contributed by atoms with Gasteiger partial charge in [0.15, 0.2) is 0 Å². The number of nitrogens with one attached hydrogen (secondary N) is 1. The quantitative estimate of drug-likeness (QED) is 0.0311. The Kier molecular flexibility index (Phi) is 45.0. The van der Waals surface area contributed by atoms with E-state index in [0.717, 1.165) is 57.8 Å². The molecule has 0 saturated heterocycles. The molecule has 0 radical (unpaired) electrons. The number of rotatable bonds is 45. The lowest BCUT2D eigenvalue weighted by Gasteiger charge is -2.27. The first-order chi connectivity index (χ1) is 28.5. The van der Waals surface area contributed by atoms with Crippen LogP contribution in [-0.2, 0) is 4.79 Å². The number of aliphatic hydroxyl groups excluding tert-OH is 4. The summed E-state index contributed by atoms with van der Waals surface area (Å²) in [6.07, 6.45) is 57.5. The first kappa shape index (κ1) is 56.3. The maximum Gasteiger partial charge on any atom is 0.249 e. The van der Waals surface area contributed by atoms with E-state index in [1.807, 2.05) is 0 Å². The highest BCUT2D eigenvalue weighted by Gasteiger charge is 2.28. The zero-order valence-corrected chi connectivity index (χ0v) is 38.3. The second-order valence-electron chi connectivity index (χ2n) is 17.1. The van der Waals surface area contributed by atoms with Crippen LogP contribution < -0.4 is 5.32 Å². The summed E-state index contributed by atoms with van der Waals surface area (Å²) in [5, 5.41) is 43.7. The van der Waals surface area contributed by atoms with E-state index in [-0.39, 0.29) is 0 Å². The number of carbonyl (C=O) groups is 1. The van der Waals surface area contributed by atoms with Gasteiger partial charge in [-0.15, -0.1) is 0 Å². The van der Waals surface area contributed by atoms with E-state index >= 15 is 0 Å². The highest BCUT2D eigenvalue weighted by molar-refractivity contribution is 5.80. The maximum absolute atomic E-state index is 12.5. The van der Waals surface area contributed by atoms with Crippen molar-refractivity contribution in [2.45, 2.75) is 269 Å². The fraction of sp³-hybridized carbons (Fsp3) is 0.827. The van der Waals surface area contributed by atoms with Crippen molar-refractivity contribution >= 4 is 5.91 Å². The van der Waals surface area contributed by atoms with Gasteiger partial charge in [0.05, 0.1) is 18.8 Å². The predicted octanol–water partition coefficient (Wildman–Crippen LogP) is 13.9. The molecule has 4 unspecified atom stereocenters. The Labute approximate surface area is 359 Å². The van der Waals surface area contributed by atoms with E-state index in [9.17, 15) is 25.2 Å². The van der Waals surface area contributed by atoms with E-state index in [0.29, 0.717) is 19.3 Å². The van der Waals surface area contributed by atoms with Crippen molar-refractivity contribution in [2.75, 3.05) is 6.61 Å². The van der Waals surface area contributed by atoms with Crippen LogP contribution in [0.15, 0.2) is 48.6 Å². The molecule has 0 bridgehead atoms. The molecule has 0 aliphatic carbocycles. The highest BCUT2D eigenvalue weighted by Crippen LogP contribution is 2.16. The molecule has 5 N–H and O–H groups in total. The molecule has 0 aromatic carbocycles. The van der Waals surface area contributed by atoms with Crippen molar-refractivity contribution in [3.63, 3.8) is 0 Å². The van der Waals surface area contributed by atoms with Crippen LogP contribution in [0, 0.1) is 0 Å². The Morgan fingerprint density at radius 3 is 1.17 bits per heavy atom. The number of carbonyl (C=O) groups excluding carboxylic acids is 1. The molecule has 58 heavy (non-hydrogen) atoms. The number of hydrogen-bond donors (Lipinski definition) is 5. The maximum atomic E-state index is 12.5. The summed E-state index contributed by atoms with van der Waals surface area (Å²) in [6, 6.07) is -1.01. The van der Waals surface area contributed by atoms with Gasteiger partial charge in [-0.05, 0) is 83.5 Å². The Morgan fingerprint density at radius 1 is 0.431 bits per heavy atom. The zero-order valence-electron chi connectivity index (χ0n) is 38.3. The van der Waals surface area contributed by atoms with Gasteiger partial charge in [0.25, 0.3) is 0 Å². The second-order valence-corrected chi connectivity index (χ2v) is 17.1. The average molecular weight is 816 g/mol. The van der Waals surface area contributed by atoms with Gasteiger partial charge in [0, 0.05) is 0 Å². The van der Waals surface area contributed by atoms with Crippen molar-refractivity contribution in [2.24, 2.45) is 0 Å². The predicted molar refractivity (Wildman–Crippen MR) is 251 cm³/mol. The second kappa shape index (κ2) is 46.3. The van der Waals surface area contributed by atoms with Crippen molar-refractivity contribution < 1.29 is 25.2 Å². The van der Waals surface area contributed by atoms with Crippen LogP contribution in [0.3, 0.4) is 0 Å². The Hall–Kier alpha value is -1.73. The number of amides is 1. The normalized spacial score (nSPS) is 14.4. The van der Waals surface area contributed by atoms with E-state index in [2.05, 4.69) is 67.8 Å². The van der Waals surface area contributed by atoms with Crippen molar-refractivity contribution in [1.82, 2.24) is 5.32 Å². The molecular formula is C52H97NO5. The average Bonchev–Trinajstić information content (AvgIpc) is 3.23. The van der Waals surface area contributed by atoms with Crippen LogP contribution in [0.4, 0.5) is 0 Å². The van der Waals surface area contributed by atoms with Crippen LogP contribution in [0.5, 0.6) is 0 Å². The van der Waals surface area contributed by atoms with E-state index in [1.54, 1.807) is 0 Å². The van der Waals surface area contributed by atoms with Crippen LogP contribution in [0.2, 0.25) is 0 Å². The topological polar surface area (TPSA) is 110 Å². The molecule has 0 aromatic heterocycles. The largest absolute Gasteiger partial charge is 0.394 e. The number of unbranched alkanes of at least 4 members (excludes halogenated alkanes) is 28. The first-order valence-corrected chi connectivity index (χ1v) is 25.0. The number of hydrogen-bond acceptors (Lipinski definition) is 5. The third-order valence-corrected chi connectivity index (χ3v) is 11.5. The minimum absolute atomic E-state index is 0.358. The molecule has 0 aliphatic heterocycles. The third-order valence-electron chi connectivity index (χ3n) is 11.5. The lowest BCUT2D eigenvalue weighted by molar-refractivity contribution is -0.132. The van der Waals surface area contributed by atoms with Gasteiger partial charge in [0.1, 0.15) is 12.2 Å². The van der Waals surface area contributed by atoms with Crippen LogP contribution >= 0.6 is 0 Å². The number of allylic oxidation sites excluding steroid dienone is 8. The fourth-order valence-electron chi connectivity index (χ4n) is 7.56. The SMILES string of the molecule is CC/C=C/CC/C=C/CC/C=C/CCCC(O)C(O)C(CO)NC(=O)C(O)CCCCCCCCCCCCCCC/C=C\CCCCCCCCCCCCCC. The van der Waals surface area contributed by atoms with Gasteiger partial charge >= 0.3 is 0 Å². The molecule has 0 spiro atoms. The summed E-state index contributed by atoms with van der Waals surface area (Å²) in [7, 11) is 0. The zero-order chi connectivity index (χ0) is 42.4. The first-order valence-electron chi connectivity index (χ1n) is 25.0. The van der Waals surface area contributed by atoms with Crippen LogP contribution in [-0.4, -0.2) is 57.3 Å². The van der Waals surface area contributed by atoms with E-state index < -0.39 is 36.9 Å². The lowest BCUT2D eigenvalue weighted by Crippen LogP contribution is -2.53. The molecule has 1 amide bonds. The molecule has 0 rings (SSSR count). The highest BCUT2D eigenvalue weighted by atomic mass is 16.3. The summed E-state index contributed by atoms with van der Waals surface area (Å²) in [5.74, 6) is -0.600.